The quantitative estimate of drug-likeness (QED) is 0.546. The first-order valence-corrected chi connectivity index (χ1v) is 5.88. The first-order valence-electron chi connectivity index (χ1n) is 3.72. The van der Waals surface area contributed by atoms with Crippen molar-refractivity contribution in [2.24, 2.45) is 0 Å². The van der Waals surface area contributed by atoms with E-state index in [1.807, 2.05) is 0 Å². The van der Waals surface area contributed by atoms with Crippen molar-refractivity contribution in [3.8, 4) is 17.2 Å². The number of hydrogen-bond acceptors (Lipinski definition) is 4. The van der Waals surface area contributed by atoms with Crippen molar-refractivity contribution < 1.29 is 20.4 Å². The molecular weight excluding hydrogens is 414 g/mol. The van der Waals surface area contributed by atoms with Crippen molar-refractivity contribution in [3.05, 3.63) is 12.7 Å². The summed E-state index contributed by atoms with van der Waals surface area (Å²) in [6.45, 7) is -0.169. The minimum Gasteiger partial charge on any atom is -0.506 e. The highest BCUT2D eigenvalue weighted by Gasteiger charge is 2.19. The molecule has 0 spiro atoms. The summed E-state index contributed by atoms with van der Waals surface area (Å²) in [4.78, 5) is 0. The van der Waals surface area contributed by atoms with E-state index in [0.29, 0.717) is 0 Å². The lowest BCUT2D eigenvalue weighted by molar-refractivity contribution is 0.294. The van der Waals surface area contributed by atoms with Crippen LogP contribution in [-0.4, -0.2) is 27.0 Å². The van der Waals surface area contributed by atoms with Gasteiger partial charge in [-0.3, -0.25) is 0 Å². The van der Waals surface area contributed by atoms with Gasteiger partial charge in [-0.25, -0.2) is 0 Å². The maximum atomic E-state index is 9.57. The van der Waals surface area contributed by atoms with Crippen LogP contribution in [0.5, 0.6) is 17.2 Å². The summed E-state index contributed by atoms with van der Waals surface area (Å²) in [6, 6.07) is 0. The Bertz CT molecular complexity index is 336. The first kappa shape index (κ1) is 12.1. The molecule has 0 aliphatic rings. The van der Waals surface area contributed by atoms with Crippen LogP contribution in [-0.2, 0) is 6.42 Å². The predicted octanol–water partition coefficient (Wildman–Crippen LogP) is 1.55. The smallest absolute Gasteiger partial charge is 0.149 e. The van der Waals surface area contributed by atoms with Crippen LogP contribution in [0.3, 0.4) is 0 Å². The summed E-state index contributed by atoms with van der Waals surface area (Å²) in [5.41, 5.74) is 0.263. The third kappa shape index (κ3) is 2.01. The van der Waals surface area contributed by atoms with Gasteiger partial charge < -0.3 is 20.4 Å². The van der Waals surface area contributed by atoms with Crippen LogP contribution in [0.4, 0.5) is 0 Å². The van der Waals surface area contributed by atoms with Gasteiger partial charge >= 0.3 is 0 Å². The minimum absolute atomic E-state index is 0.136. The van der Waals surface area contributed by atoms with Gasteiger partial charge in [0.05, 0.1) is 7.14 Å². The number of phenolic OH excluding ortho intramolecular Hbond substituents is 3. The summed E-state index contributed by atoms with van der Waals surface area (Å²) in [5.74, 6) is -0.479. The molecule has 0 bridgehead atoms. The Hall–Kier alpha value is 0.0400. The van der Waals surface area contributed by atoms with Gasteiger partial charge in [-0.05, 0) is 45.2 Å². The number of aliphatic hydroxyl groups is 1. The molecule has 0 unspecified atom stereocenters. The number of benzene rings is 1. The fourth-order valence-electron chi connectivity index (χ4n) is 1.05. The minimum atomic E-state index is -0.171. The number of rotatable bonds is 2. The van der Waals surface area contributed by atoms with Crippen molar-refractivity contribution in [2.45, 2.75) is 6.42 Å². The zero-order chi connectivity index (χ0) is 10.9. The van der Waals surface area contributed by atoms with Crippen LogP contribution in [0.2, 0.25) is 0 Å². The van der Waals surface area contributed by atoms with Gasteiger partial charge in [0.2, 0.25) is 0 Å². The Balaban J connectivity index is 3.43. The van der Waals surface area contributed by atoms with Crippen molar-refractivity contribution in [1.29, 1.82) is 0 Å². The van der Waals surface area contributed by atoms with Crippen molar-refractivity contribution >= 4 is 45.2 Å². The fraction of sp³-hybridized carbons (Fsp3) is 0.250. The van der Waals surface area contributed by atoms with Gasteiger partial charge in [0, 0.05) is 18.6 Å². The molecule has 0 aromatic heterocycles. The van der Waals surface area contributed by atoms with Crippen LogP contribution < -0.4 is 0 Å². The molecule has 1 aromatic carbocycles. The van der Waals surface area contributed by atoms with Gasteiger partial charge in [0.1, 0.15) is 17.2 Å². The number of halogens is 2. The molecule has 4 nitrogen and oxygen atoms in total. The summed E-state index contributed by atoms with van der Waals surface area (Å²) in [7, 11) is 0. The number of aliphatic hydroxyl groups excluding tert-OH is 1. The Labute approximate surface area is 108 Å². The van der Waals surface area contributed by atoms with Crippen LogP contribution in [0, 0.1) is 7.14 Å². The standard InChI is InChI=1S/C8H8I2O4/c9-4-6(12)3(1-2-11)7(13)5(10)8(4)14/h11-14H,1-2H2. The molecule has 14 heavy (non-hydrogen) atoms. The van der Waals surface area contributed by atoms with E-state index < -0.39 is 0 Å². The van der Waals surface area contributed by atoms with E-state index in [9.17, 15) is 15.3 Å². The second-order valence-electron chi connectivity index (χ2n) is 2.63. The molecular formula is C8H8I2O4. The van der Waals surface area contributed by atoms with Crippen LogP contribution in [0.1, 0.15) is 5.56 Å². The highest BCUT2D eigenvalue weighted by molar-refractivity contribution is 14.1. The molecule has 6 heteroatoms. The normalized spacial score (nSPS) is 10.5. The molecule has 1 rings (SSSR count). The summed E-state index contributed by atoms with van der Waals surface area (Å²) in [6.07, 6.45) is 0.157. The summed E-state index contributed by atoms with van der Waals surface area (Å²) >= 11 is 3.56. The van der Waals surface area contributed by atoms with Gasteiger partial charge in [0.25, 0.3) is 0 Å². The first-order chi connectivity index (χ1) is 6.50. The summed E-state index contributed by atoms with van der Waals surface area (Å²) in [5, 5.41) is 37.3. The third-order valence-corrected chi connectivity index (χ3v) is 3.81. The summed E-state index contributed by atoms with van der Waals surface area (Å²) < 4.78 is 0.571. The molecule has 0 saturated carbocycles. The zero-order valence-electron chi connectivity index (χ0n) is 6.96. The maximum absolute atomic E-state index is 9.57. The molecule has 0 aliphatic heterocycles. The van der Waals surface area contributed by atoms with E-state index in [0.717, 1.165) is 0 Å². The van der Waals surface area contributed by atoms with E-state index in [-0.39, 0.29) is 43.0 Å². The molecule has 0 fully saturated rings. The molecule has 4 N–H and O–H groups in total. The average molecular weight is 422 g/mol. The molecule has 0 heterocycles. The second kappa shape index (κ2) is 4.71. The molecule has 78 valence electrons. The largest absolute Gasteiger partial charge is 0.506 e. The molecule has 0 saturated heterocycles. The Morgan fingerprint density at radius 1 is 0.857 bits per heavy atom. The van der Waals surface area contributed by atoms with Crippen molar-refractivity contribution in [2.75, 3.05) is 6.61 Å². The Morgan fingerprint density at radius 2 is 1.29 bits per heavy atom. The predicted molar refractivity (Wildman–Crippen MR) is 67.7 cm³/mol. The van der Waals surface area contributed by atoms with Gasteiger partial charge in [-0.15, -0.1) is 0 Å². The second-order valence-corrected chi connectivity index (χ2v) is 4.78. The topological polar surface area (TPSA) is 80.9 Å². The van der Waals surface area contributed by atoms with Gasteiger partial charge in [-0.2, -0.15) is 0 Å². The number of aromatic hydroxyl groups is 3. The Kier molecular flexibility index (Phi) is 4.07. The van der Waals surface area contributed by atoms with Crippen molar-refractivity contribution in [3.63, 3.8) is 0 Å². The van der Waals surface area contributed by atoms with E-state index in [1.54, 1.807) is 45.2 Å². The lowest BCUT2D eigenvalue weighted by atomic mass is 10.1. The molecule has 0 radical (unpaired) electrons. The molecule has 0 amide bonds. The number of phenols is 3. The lowest BCUT2D eigenvalue weighted by Gasteiger charge is -2.11. The van der Waals surface area contributed by atoms with Crippen LogP contribution in [0.15, 0.2) is 0 Å². The number of hydrogen-bond donors (Lipinski definition) is 4. The molecule has 0 atom stereocenters. The zero-order valence-corrected chi connectivity index (χ0v) is 11.3. The Morgan fingerprint density at radius 3 is 1.64 bits per heavy atom. The monoisotopic (exact) mass is 422 g/mol. The highest BCUT2D eigenvalue weighted by Crippen LogP contribution is 2.43. The van der Waals surface area contributed by atoms with E-state index in [4.69, 9.17) is 5.11 Å². The van der Waals surface area contributed by atoms with E-state index in [1.165, 1.54) is 0 Å². The lowest BCUT2D eigenvalue weighted by Crippen LogP contribution is -1.96. The average Bonchev–Trinajstić information content (AvgIpc) is 2.19. The third-order valence-electron chi connectivity index (χ3n) is 1.77. The van der Waals surface area contributed by atoms with Gasteiger partial charge in [0.15, 0.2) is 0 Å². The van der Waals surface area contributed by atoms with Crippen LogP contribution in [0.25, 0.3) is 0 Å². The highest BCUT2D eigenvalue weighted by atomic mass is 127. The molecule has 1 aromatic rings. The van der Waals surface area contributed by atoms with E-state index >= 15 is 0 Å². The van der Waals surface area contributed by atoms with E-state index in [2.05, 4.69) is 0 Å². The maximum Gasteiger partial charge on any atom is 0.149 e. The van der Waals surface area contributed by atoms with Gasteiger partial charge in [-0.1, -0.05) is 0 Å². The van der Waals surface area contributed by atoms with Crippen LogP contribution >= 0.6 is 45.2 Å². The molecule has 0 aliphatic carbocycles. The van der Waals surface area contributed by atoms with Crippen molar-refractivity contribution in [1.82, 2.24) is 0 Å². The SMILES string of the molecule is OCCc1c(O)c(I)c(O)c(I)c1O. The fourth-order valence-corrected chi connectivity index (χ4v) is 2.75.